The van der Waals surface area contributed by atoms with Crippen LogP contribution in [-0.4, -0.2) is 47.8 Å². The highest BCUT2D eigenvalue weighted by atomic mass is 16.3. The van der Waals surface area contributed by atoms with Crippen LogP contribution in [0.4, 0.5) is 0 Å². The molecule has 0 aromatic carbocycles. The zero-order valence-corrected chi connectivity index (χ0v) is 7.66. The number of β-amino-alcohol motifs (C(OH)–C–C–N with tert-alkyl or cyclic N) is 1. The van der Waals surface area contributed by atoms with Crippen LogP contribution in [0.3, 0.4) is 0 Å². The highest BCUT2D eigenvalue weighted by molar-refractivity contribution is 4.89. The second-order valence-corrected chi connectivity index (χ2v) is 4.14. The van der Waals surface area contributed by atoms with E-state index in [9.17, 15) is 0 Å². The number of aliphatic hydroxyl groups is 1. The van der Waals surface area contributed by atoms with Crippen molar-refractivity contribution in [2.24, 2.45) is 0 Å². The maximum absolute atomic E-state index is 9.16. The lowest BCUT2D eigenvalue weighted by Gasteiger charge is -2.44. The second-order valence-electron chi connectivity index (χ2n) is 4.14. The van der Waals surface area contributed by atoms with E-state index in [1.54, 1.807) is 0 Å². The molecule has 2 aliphatic heterocycles. The number of nitrogens with one attached hydrogen (secondary N) is 1. The highest BCUT2D eigenvalue weighted by Crippen LogP contribution is 2.20. The van der Waals surface area contributed by atoms with Gasteiger partial charge in [-0.05, 0) is 26.3 Å². The van der Waals surface area contributed by atoms with Gasteiger partial charge in [-0.15, -0.1) is 0 Å². The summed E-state index contributed by atoms with van der Waals surface area (Å²) in [6.07, 6.45) is 2.44. The molecule has 0 saturated carbocycles. The fourth-order valence-electron chi connectivity index (χ4n) is 2.22. The van der Waals surface area contributed by atoms with E-state index in [1.807, 2.05) is 0 Å². The Hall–Kier alpha value is -0.120. The van der Waals surface area contributed by atoms with E-state index >= 15 is 0 Å². The van der Waals surface area contributed by atoms with Gasteiger partial charge in [0.1, 0.15) is 0 Å². The first kappa shape index (κ1) is 8.48. The molecule has 2 unspecified atom stereocenters. The minimum absolute atomic E-state index is 0.0461. The molecular formula is C9H18N2O. The second kappa shape index (κ2) is 3.32. The lowest BCUT2D eigenvalue weighted by Crippen LogP contribution is -2.58. The Morgan fingerprint density at radius 3 is 2.75 bits per heavy atom. The molecule has 70 valence electrons. The smallest absolute Gasteiger partial charge is 0.0794 e. The van der Waals surface area contributed by atoms with Crippen LogP contribution in [0.5, 0.6) is 0 Å². The minimum Gasteiger partial charge on any atom is -0.390 e. The van der Waals surface area contributed by atoms with Crippen molar-refractivity contribution in [1.82, 2.24) is 10.2 Å². The van der Waals surface area contributed by atoms with Crippen LogP contribution in [0, 0.1) is 0 Å². The topological polar surface area (TPSA) is 35.5 Å². The van der Waals surface area contributed by atoms with Gasteiger partial charge in [-0.25, -0.2) is 0 Å². The number of likely N-dealkylation sites (tertiary alicyclic amines) is 1. The van der Waals surface area contributed by atoms with Crippen LogP contribution in [-0.2, 0) is 0 Å². The molecular weight excluding hydrogens is 152 g/mol. The van der Waals surface area contributed by atoms with Gasteiger partial charge in [0.05, 0.1) is 6.10 Å². The van der Waals surface area contributed by atoms with Gasteiger partial charge in [0.25, 0.3) is 0 Å². The van der Waals surface area contributed by atoms with E-state index in [1.165, 1.54) is 12.8 Å². The predicted octanol–water partition coefficient (Wildman–Crippen LogP) is -0.197. The fourth-order valence-corrected chi connectivity index (χ4v) is 2.22. The summed E-state index contributed by atoms with van der Waals surface area (Å²) in [5.41, 5.74) is 0. The molecule has 3 heteroatoms. The Morgan fingerprint density at radius 2 is 2.17 bits per heavy atom. The molecule has 2 fully saturated rings. The van der Waals surface area contributed by atoms with Crippen LogP contribution in [0.15, 0.2) is 0 Å². The first-order valence-corrected chi connectivity index (χ1v) is 4.91. The molecule has 0 amide bonds. The molecule has 0 aliphatic carbocycles. The Bertz CT molecular complexity index is 157. The molecule has 0 radical (unpaired) electrons. The average molecular weight is 170 g/mol. The van der Waals surface area contributed by atoms with Crippen molar-refractivity contribution in [2.45, 2.75) is 38.0 Å². The van der Waals surface area contributed by atoms with Crippen LogP contribution in [0.1, 0.15) is 19.8 Å². The molecule has 3 nitrogen and oxygen atoms in total. The molecule has 2 N–H and O–H groups in total. The molecule has 12 heavy (non-hydrogen) atoms. The summed E-state index contributed by atoms with van der Waals surface area (Å²) in [4.78, 5) is 2.40. The Balaban J connectivity index is 1.80. The van der Waals surface area contributed by atoms with Crippen molar-refractivity contribution in [3.05, 3.63) is 0 Å². The van der Waals surface area contributed by atoms with Gasteiger partial charge in [0.2, 0.25) is 0 Å². The van der Waals surface area contributed by atoms with Gasteiger partial charge in [0, 0.05) is 25.2 Å². The summed E-state index contributed by atoms with van der Waals surface area (Å²) < 4.78 is 0. The number of aliphatic hydroxyl groups excluding tert-OH is 1. The van der Waals surface area contributed by atoms with Crippen LogP contribution in [0.2, 0.25) is 0 Å². The van der Waals surface area contributed by atoms with E-state index < -0.39 is 0 Å². The summed E-state index contributed by atoms with van der Waals surface area (Å²) in [7, 11) is 0. The zero-order valence-electron chi connectivity index (χ0n) is 7.66. The SMILES string of the molecule is CC1CC(N2CC(O)C2)CCN1. The van der Waals surface area contributed by atoms with Gasteiger partial charge in [0.15, 0.2) is 0 Å². The van der Waals surface area contributed by atoms with Gasteiger partial charge >= 0.3 is 0 Å². The van der Waals surface area contributed by atoms with E-state index in [2.05, 4.69) is 17.1 Å². The molecule has 0 aromatic heterocycles. The van der Waals surface area contributed by atoms with Crippen molar-refractivity contribution in [3.8, 4) is 0 Å². The van der Waals surface area contributed by atoms with E-state index in [0.29, 0.717) is 6.04 Å². The summed E-state index contributed by atoms with van der Waals surface area (Å²) in [5, 5.41) is 12.6. The largest absolute Gasteiger partial charge is 0.390 e. The number of hydrogen-bond acceptors (Lipinski definition) is 3. The normalized spacial score (nSPS) is 39.5. The van der Waals surface area contributed by atoms with E-state index in [-0.39, 0.29) is 6.10 Å². The monoisotopic (exact) mass is 170 g/mol. The molecule has 2 heterocycles. The third-order valence-electron chi connectivity index (χ3n) is 3.00. The number of piperidine rings is 1. The molecule has 2 saturated heterocycles. The summed E-state index contributed by atoms with van der Waals surface area (Å²) in [6, 6.07) is 1.38. The predicted molar refractivity (Wildman–Crippen MR) is 48.1 cm³/mol. The van der Waals surface area contributed by atoms with Crippen molar-refractivity contribution in [2.75, 3.05) is 19.6 Å². The molecule has 2 atom stereocenters. The lowest BCUT2D eigenvalue weighted by atomic mass is 9.95. The van der Waals surface area contributed by atoms with E-state index in [0.717, 1.165) is 25.7 Å². The number of rotatable bonds is 1. The Morgan fingerprint density at radius 1 is 1.42 bits per heavy atom. The minimum atomic E-state index is -0.0461. The van der Waals surface area contributed by atoms with Gasteiger partial charge in [-0.2, -0.15) is 0 Å². The Labute approximate surface area is 73.8 Å². The van der Waals surface area contributed by atoms with Gasteiger partial charge in [-0.1, -0.05) is 0 Å². The number of nitrogens with zero attached hydrogens (tertiary/aromatic N) is 1. The molecule has 0 bridgehead atoms. The van der Waals surface area contributed by atoms with Gasteiger partial charge in [-0.3, -0.25) is 4.90 Å². The van der Waals surface area contributed by atoms with Crippen LogP contribution in [0.25, 0.3) is 0 Å². The Kier molecular flexibility index (Phi) is 2.35. The van der Waals surface area contributed by atoms with Gasteiger partial charge < -0.3 is 10.4 Å². The average Bonchev–Trinajstić information content (AvgIpc) is 1.99. The maximum Gasteiger partial charge on any atom is 0.0794 e. The first-order valence-electron chi connectivity index (χ1n) is 4.91. The van der Waals surface area contributed by atoms with Crippen molar-refractivity contribution >= 4 is 0 Å². The molecule has 0 spiro atoms. The highest BCUT2D eigenvalue weighted by Gasteiger charge is 2.32. The van der Waals surface area contributed by atoms with Crippen molar-refractivity contribution in [1.29, 1.82) is 0 Å². The zero-order chi connectivity index (χ0) is 8.55. The van der Waals surface area contributed by atoms with Crippen molar-refractivity contribution < 1.29 is 5.11 Å². The molecule has 2 rings (SSSR count). The standard InChI is InChI=1S/C9H18N2O/c1-7-4-8(2-3-10-7)11-5-9(12)6-11/h7-10,12H,2-6H2,1H3. The first-order chi connectivity index (χ1) is 5.75. The number of hydrogen-bond donors (Lipinski definition) is 2. The maximum atomic E-state index is 9.16. The van der Waals surface area contributed by atoms with Crippen LogP contribution < -0.4 is 5.32 Å². The fraction of sp³-hybridized carbons (Fsp3) is 1.00. The molecule has 2 aliphatic rings. The quantitative estimate of drug-likeness (QED) is 0.572. The molecule has 0 aromatic rings. The summed E-state index contributed by atoms with van der Waals surface area (Å²) >= 11 is 0. The lowest BCUT2D eigenvalue weighted by molar-refractivity contribution is -0.0345. The van der Waals surface area contributed by atoms with E-state index in [4.69, 9.17) is 5.11 Å². The third-order valence-corrected chi connectivity index (χ3v) is 3.00. The third kappa shape index (κ3) is 1.63. The van der Waals surface area contributed by atoms with Crippen molar-refractivity contribution in [3.63, 3.8) is 0 Å². The summed E-state index contributed by atoms with van der Waals surface area (Å²) in [5.74, 6) is 0. The summed E-state index contributed by atoms with van der Waals surface area (Å²) in [6.45, 7) is 5.18. The van der Waals surface area contributed by atoms with Crippen LogP contribution >= 0.6 is 0 Å².